The highest BCUT2D eigenvalue weighted by Gasteiger charge is 2.25. The van der Waals surface area contributed by atoms with Crippen LogP contribution in [0.4, 0.5) is 5.69 Å². The largest absolute Gasteiger partial charge is 0.497 e. The van der Waals surface area contributed by atoms with Gasteiger partial charge in [0.05, 0.1) is 12.8 Å². The van der Waals surface area contributed by atoms with Crippen molar-refractivity contribution >= 4 is 21.6 Å². The maximum Gasteiger partial charge on any atom is 0.121 e. The van der Waals surface area contributed by atoms with Crippen LogP contribution < -0.4 is 10.1 Å². The molecule has 1 N–H and O–H groups in total. The Balaban J connectivity index is 2.12. The summed E-state index contributed by atoms with van der Waals surface area (Å²) in [5.41, 5.74) is 1.14. The zero-order valence-corrected chi connectivity index (χ0v) is 13.0. The number of rotatable bonds is 3. The van der Waals surface area contributed by atoms with Crippen LogP contribution in [0.15, 0.2) is 22.7 Å². The van der Waals surface area contributed by atoms with E-state index in [1.807, 2.05) is 12.1 Å². The molecule has 0 amide bonds. The van der Waals surface area contributed by atoms with Crippen LogP contribution in [0.3, 0.4) is 0 Å². The maximum absolute atomic E-state index is 5.29. The first kappa shape index (κ1) is 13.7. The monoisotopic (exact) mass is 311 g/mol. The van der Waals surface area contributed by atoms with Gasteiger partial charge in [0.1, 0.15) is 5.75 Å². The molecule has 3 heteroatoms. The molecule has 0 aliphatic heterocycles. The Morgan fingerprint density at radius 1 is 1.28 bits per heavy atom. The highest BCUT2D eigenvalue weighted by Crippen LogP contribution is 2.34. The molecule has 1 saturated carbocycles. The second kappa shape index (κ2) is 5.96. The predicted molar refractivity (Wildman–Crippen MR) is 80.3 cm³/mol. The summed E-state index contributed by atoms with van der Waals surface area (Å²) in [7, 11) is 1.71. The molecule has 1 fully saturated rings. The first-order valence-corrected chi connectivity index (χ1v) is 7.49. The highest BCUT2D eigenvalue weighted by molar-refractivity contribution is 9.10. The van der Waals surface area contributed by atoms with Crippen molar-refractivity contribution in [2.24, 2.45) is 11.8 Å². The Morgan fingerprint density at radius 3 is 2.78 bits per heavy atom. The number of ether oxygens (including phenoxy) is 1. The van der Waals surface area contributed by atoms with E-state index < -0.39 is 0 Å². The molecule has 1 aromatic carbocycles. The first-order chi connectivity index (χ1) is 8.60. The number of methoxy groups -OCH3 is 1. The minimum absolute atomic E-state index is 0.567. The standard InChI is InChI=1S/C15H22BrNO/c1-10-4-5-11(2)14(8-10)17-15-9-12(18-3)6-7-13(15)16/h6-7,9-11,14,17H,4-5,8H2,1-3H3. The lowest BCUT2D eigenvalue weighted by Crippen LogP contribution is -2.33. The van der Waals surface area contributed by atoms with Gasteiger partial charge >= 0.3 is 0 Å². The molecule has 0 aromatic heterocycles. The summed E-state index contributed by atoms with van der Waals surface area (Å²) in [6, 6.07) is 6.65. The number of halogens is 1. The van der Waals surface area contributed by atoms with E-state index >= 15 is 0 Å². The van der Waals surface area contributed by atoms with Crippen LogP contribution in [0.1, 0.15) is 33.1 Å². The van der Waals surface area contributed by atoms with E-state index in [-0.39, 0.29) is 0 Å². The molecule has 18 heavy (non-hydrogen) atoms. The molecule has 1 aliphatic carbocycles. The summed E-state index contributed by atoms with van der Waals surface area (Å²) in [5.74, 6) is 2.46. The molecule has 0 bridgehead atoms. The first-order valence-electron chi connectivity index (χ1n) is 6.70. The van der Waals surface area contributed by atoms with E-state index in [2.05, 4.69) is 41.2 Å². The third-order valence-electron chi connectivity index (χ3n) is 3.97. The van der Waals surface area contributed by atoms with Crippen molar-refractivity contribution in [3.63, 3.8) is 0 Å². The molecule has 0 spiro atoms. The maximum atomic E-state index is 5.29. The van der Waals surface area contributed by atoms with Crippen LogP contribution in [0, 0.1) is 11.8 Å². The van der Waals surface area contributed by atoms with E-state index in [1.165, 1.54) is 19.3 Å². The zero-order chi connectivity index (χ0) is 13.1. The molecule has 0 heterocycles. The van der Waals surface area contributed by atoms with Gasteiger partial charge in [-0.3, -0.25) is 0 Å². The molecule has 2 nitrogen and oxygen atoms in total. The minimum atomic E-state index is 0.567. The molecular formula is C15H22BrNO. The van der Waals surface area contributed by atoms with Crippen LogP contribution >= 0.6 is 15.9 Å². The summed E-state index contributed by atoms with van der Waals surface area (Å²) in [6.45, 7) is 4.69. The Kier molecular flexibility index (Phi) is 4.55. The fraction of sp³-hybridized carbons (Fsp3) is 0.600. The molecule has 100 valence electrons. The Hall–Kier alpha value is -0.700. The molecule has 3 atom stereocenters. The van der Waals surface area contributed by atoms with Gasteiger partial charge in [0.2, 0.25) is 0 Å². The average Bonchev–Trinajstić information content (AvgIpc) is 2.36. The molecule has 0 radical (unpaired) electrons. The van der Waals surface area contributed by atoms with Gasteiger partial charge in [-0.25, -0.2) is 0 Å². The number of anilines is 1. The average molecular weight is 312 g/mol. The normalized spacial score (nSPS) is 27.9. The minimum Gasteiger partial charge on any atom is -0.497 e. The van der Waals surface area contributed by atoms with Crippen LogP contribution in [0.25, 0.3) is 0 Å². The van der Waals surface area contributed by atoms with Crippen molar-refractivity contribution in [3.8, 4) is 5.75 Å². The smallest absolute Gasteiger partial charge is 0.121 e. The number of hydrogen-bond acceptors (Lipinski definition) is 2. The highest BCUT2D eigenvalue weighted by atomic mass is 79.9. The molecule has 0 saturated heterocycles. The van der Waals surface area contributed by atoms with E-state index in [0.29, 0.717) is 6.04 Å². The lowest BCUT2D eigenvalue weighted by molar-refractivity contribution is 0.280. The number of nitrogens with one attached hydrogen (secondary N) is 1. The summed E-state index contributed by atoms with van der Waals surface area (Å²) >= 11 is 3.60. The lowest BCUT2D eigenvalue weighted by atomic mass is 9.80. The predicted octanol–water partition coefficient (Wildman–Crippen LogP) is 4.69. The Bertz CT molecular complexity index is 407. The van der Waals surface area contributed by atoms with Gasteiger partial charge < -0.3 is 10.1 Å². The van der Waals surface area contributed by atoms with Gasteiger partial charge in [0, 0.05) is 16.6 Å². The summed E-state index contributed by atoms with van der Waals surface area (Å²) in [4.78, 5) is 0. The third kappa shape index (κ3) is 3.19. The topological polar surface area (TPSA) is 21.3 Å². The van der Waals surface area contributed by atoms with Crippen molar-refractivity contribution in [1.29, 1.82) is 0 Å². The van der Waals surface area contributed by atoms with E-state index in [0.717, 1.165) is 27.7 Å². The van der Waals surface area contributed by atoms with Crippen LogP contribution in [0.5, 0.6) is 5.75 Å². The molecule has 2 rings (SSSR count). The number of benzene rings is 1. The van der Waals surface area contributed by atoms with E-state index in [1.54, 1.807) is 7.11 Å². The Labute approximate surface area is 118 Å². The fourth-order valence-electron chi connectivity index (χ4n) is 2.68. The fourth-order valence-corrected chi connectivity index (χ4v) is 3.04. The van der Waals surface area contributed by atoms with Crippen molar-refractivity contribution in [3.05, 3.63) is 22.7 Å². The van der Waals surface area contributed by atoms with E-state index in [4.69, 9.17) is 4.74 Å². The summed E-state index contributed by atoms with van der Waals surface area (Å²) < 4.78 is 6.39. The second-order valence-corrected chi connectivity index (χ2v) is 6.35. The van der Waals surface area contributed by atoms with Crippen molar-refractivity contribution < 1.29 is 4.74 Å². The van der Waals surface area contributed by atoms with Crippen LogP contribution in [-0.4, -0.2) is 13.2 Å². The van der Waals surface area contributed by atoms with Crippen molar-refractivity contribution in [1.82, 2.24) is 0 Å². The quantitative estimate of drug-likeness (QED) is 0.874. The van der Waals surface area contributed by atoms with Crippen LogP contribution in [0.2, 0.25) is 0 Å². The van der Waals surface area contributed by atoms with Gasteiger partial charge in [-0.15, -0.1) is 0 Å². The third-order valence-corrected chi connectivity index (χ3v) is 4.66. The van der Waals surface area contributed by atoms with Crippen molar-refractivity contribution in [2.75, 3.05) is 12.4 Å². The summed E-state index contributed by atoms with van der Waals surface area (Å²) in [6.07, 6.45) is 3.93. The van der Waals surface area contributed by atoms with E-state index in [9.17, 15) is 0 Å². The SMILES string of the molecule is COc1ccc(Br)c(NC2CC(C)CCC2C)c1. The van der Waals surface area contributed by atoms with Gasteiger partial charge in [0.25, 0.3) is 0 Å². The van der Waals surface area contributed by atoms with Gasteiger partial charge in [-0.2, -0.15) is 0 Å². The van der Waals surface area contributed by atoms with Crippen LogP contribution in [-0.2, 0) is 0 Å². The zero-order valence-electron chi connectivity index (χ0n) is 11.4. The molecular weight excluding hydrogens is 290 g/mol. The molecule has 1 aliphatic rings. The molecule has 3 unspecified atom stereocenters. The summed E-state index contributed by atoms with van der Waals surface area (Å²) in [5, 5.41) is 3.68. The van der Waals surface area contributed by atoms with Crippen molar-refractivity contribution in [2.45, 2.75) is 39.2 Å². The number of hydrogen-bond donors (Lipinski definition) is 1. The Morgan fingerprint density at radius 2 is 2.06 bits per heavy atom. The second-order valence-electron chi connectivity index (χ2n) is 5.49. The lowest BCUT2D eigenvalue weighted by Gasteiger charge is -2.34. The van der Waals surface area contributed by atoms with Gasteiger partial charge in [0.15, 0.2) is 0 Å². The van der Waals surface area contributed by atoms with Gasteiger partial charge in [-0.1, -0.05) is 20.3 Å². The molecule has 1 aromatic rings. The van der Waals surface area contributed by atoms with Gasteiger partial charge in [-0.05, 0) is 52.7 Å².